The molecule has 0 aliphatic rings. The smallest absolute Gasteiger partial charge is 0.272 e. The van der Waals surface area contributed by atoms with E-state index in [0.717, 1.165) is 21.3 Å². The minimum Gasteiger partial charge on any atom is -0.340 e. The van der Waals surface area contributed by atoms with Crippen molar-refractivity contribution in [1.29, 1.82) is 0 Å². The van der Waals surface area contributed by atoms with Gasteiger partial charge in [0.25, 0.3) is 5.91 Å². The molecule has 7 heteroatoms. The monoisotopic (exact) mass is 435 g/mol. The second-order valence-corrected chi connectivity index (χ2v) is 7.32. The van der Waals surface area contributed by atoms with E-state index >= 15 is 0 Å². The van der Waals surface area contributed by atoms with E-state index in [4.69, 9.17) is 0 Å². The Morgan fingerprint density at radius 1 is 1.07 bits per heavy atom. The molecule has 1 aromatic carbocycles. The molecule has 0 unspecified atom stereocenters. The van der Waals surface area contributed by atoms with Crippen molar-refractivity contribution in [3.05, 3.63) is 89.0 Å². The molecule has 1 amide bonds. The molecule has 3 heterocycles. The van der Waals surface area contributed by atoms with E-state index in [1.165, 1.54) is 0 Å². The molecule has 3 aromatic heterocycles. The van der Waals surface area contributed by atoms with Crippen LogP contribution in [0, 0.1) is 0 Å². The number of halogens is 1. The first-order chi connectivity index (χ1) is 13.6. The Morgan fingerprint density at radius 3 is 2.57 bits per heavy atom. The summed E-state index contributed by atoms with van der Waals surface area (Å²) in [6.07, 6.45) is 6.97. The van der Waals surface area contributed by atoms with Crippen LogP contribution in [-0.4, -0.2) is 25.2 Å². The van der Waals surface area contributed by atoms with Crippen LogP contribution in [0.25, 0.3) is 11.3 Å². The molecule has 4 aromatic rings. The highest BCUT2D eigenvalue weighted by molar-refractivity contribution is 9.10. The Bertz CT molecular complexity index is 1100. The SMILES string of the molecule is Cn1c(C(=O)Nc2cnn(Cc3ccncc3)c2)ccc1-c1ccc(Br)cc1. The van der Waals surface area contributed by atoms with Crippen LogP contribution < -0.4 is 5.32 Å². The Hall–Kier alpha value is -3.19. The van der Waals surface area contributed by atoms with E-state index in [1.807, 2.05) is 66.3 Å². The van der Waals surface area contributed by atoms with Gasteiger partial charge in [0.2, 0.25) is 0 Å². The van der Waals surface area contributed by atoms with Crippen molar-refractivity contribution in [2.75, 3.05) is 5.32 Å². The molecule has 6 nitrogen and oxygen atoms in total. The normalized spacial score (nSPS) is 10.8. The number of benzene rings is 1. The largest absolute Gasteiger partial charge is 0.340 e. The lowest BCUT2D eigenvalue weighted by Crippen LogP contribution is -2.15. The Morgan fingerprint density at radius 2 is 1.82 bits per heavy atom. The van der Waals surface area contributed by atoms with E-state index in [-0.39, 0.29) is 5.91 Å². The van der Waals surface area contributed by atoms with Gasteiger partial charge < -0.3 is 9.88 Å². The van der Waals surface area contributed by atoms with Crippen molar-refractivity contribution in [3.63, 3.8) is 0 Å². The number of nitrogens with zero attached hydrogens (tertiary/aromatic N) is 4. The maximum absolute atomic E-state index is 12.7. The fourth-order valence-electron chi connectivity index (χ4n) is 3.03. The number of anilines is 1. The molecule has 0 aliphatic carbocycles. The van der Waals surface area contributed by atoms with Gasteiger partial charge in [0.1, 0.15) is 5.69 Å². The Labute approximate surface area is 171 Å². The number of nitrogens with one attached hydrogen (secondary N) is 1. The van der Waals surface area contributed by atoms with E-state index in [2.05, 4.69) is 31.3 Å². The maximum atomic E-state index is 12.7. The molecule has 0 saturated heterocycles. The third-order valence-corrected chi connectivity index (χ3v) is 5.01. The van der Waals surface area contributed by atoms with Crippen LogP contribution in [0.5, 0.6) is 0 Å². The second kappa shape index (κ2) is 7.82. The van der Waals surface area contributed by atoms with Crippen molar-refractivity contribution in [3.8, 4) is 11.3 Å². The molecule has 0 radical (unpaired) electrons. The molecule has 0 saturated carbocycles. The third kappa shape index (κ3) is 3.89. The molecule has 4 rings (SSSR count). The molecule has 140 valence electrons. The van der Waals surface area contributed by atoms with Crippen LogP contribution in [0.4, 0.5) is 5.69 Å². The Balaban J connectivity index is 1.48. The first-order valence-electron chi connectivity index (χ1n) is 8.74. The summed E-state index contributed by atoms with van der Waals surface area (Å²) in [6.45, 7) is 0.621. The zero-order chi connectivity index (χ0) is 19.5. The molecule has 0 atom stereocenters. The van der Waals surface area contributed by atoms with Gasteiger partial charge in [-0.05, 0) is 47.5 Å². The highest BCUT2D eigenvalue weighted by Crippen LogP contribution is 2.24. The zero-order valence-electron chi connectivity index (χ0n) is 15.2. The van der Waals surface area contributed by atoms with Gasteiger partial charge >= 0.3 is 0 Å². The Kier molecular flexibility index (Phi) is 5.08. The minimum atomic E-state index is -0.172. The minimum absolute atomic E-state index is 0.172. The molecular formula is C21H18BrN5O. The van der Waals surface area contributed by atoms with Gasteiger partial charge in [-0.15, -0.1) is 0 Å². The number of aromatic nitrogens is 4. The van der Waals surface area contributed by atoms with Crippen LogP contribution in [-0.2, 0) is 13.6 Å². The summed E-state index contributed by atoms with van der Waals surface area (Å²) >= 11 is 3.44. The van der Waals surface area contributed by atoms with E-state index in [0.29, 0.717) is 17.9 Å². The topological polar surface area (TPSA) is 64.7 Å². The van der Waals surface area contributed by atoms with Gasteiger partial charge in [0.05, 0.1) is 18.4 Å². The average Bonchev–Trinajstić information content (AvgIpc) is 3.29. The predicted octanol–water partition coefficient (Wildman–Crippen LogP) is 4.35. The number of hydrogen-bond acceptors (Lipinski definition) is 3. The summed E-state index contributed by atoms with van der Waals surface area (Å²) < 4.78 is 4.69. The molecule has 1 N–H and O–H groups in total. The molecule has 0 bridgehead atoms. The van der Waals surface area contributed by atoms with Gasteiger partial charge in [-0.3, -0.25) is 14.5 Å². The van der Waals surface area contributed by atoms with Crippen molar-refractivity contribution in [2.24, 2.45) is 7.05 Å². The van der Waals surface area contributed by atoms with E-state index in [9.17, 15) is 4.79 Å². The lowest BCUT2D eigenvalue weighted by molar-refractivity contribution is 0.101. The molecular weight excluding hydrogens is 418 g/mol. The van der Waals surface area contributed by atoms with Crippen LogP contribution in [0.2, 0.25) is 0 Å². The lowest BCUT2D eigenvalue weighted by Gasteiger charge is -2.08. The van der Waals surface area contributed by atoms with Gasteiger partial charge in [-0.25, -0.2) is 0 Å². The molecule has 0 fully saturated rings. The summed E-state index contributed by atoms with van der Waals surface area (Å²) in [5, 5.41) is 7.23. The second-order valence-electron chi connectivity index (χ2n) is 6.41. The van der Waals surface area contributed by atoms with E-state index < -0.39 is 0 Å². The highest BCUT2D eigenvalue weighted by atomic mass is 79.9. The summed E-state index contributed by atoms with van der Waals surface area (Å²) in [4.78, 5) is 16.7. The summed E-state index contributed by atoms with van der Waals surface area (Å²) in [5.74, 6) is -0.172. The lowest BCUT2D eigenvalue weighted by atomic mass is 10.1. The number of amides is 1. The fourth-order valence-corrected chi connectivity index (χ4v) is 3.30. The predicted molar refractivity (Wildman–Crippen MR) is 112 cm³/mol. The van der Waals surface area contributed by atoms with Crippen LogP contribution in [0.1, 0.15) is 16.1 Å². The number of rotatable bonds is 5. The highest BCUT2D eigenvalue weighted by Gasteiger charge is 2.14. The van der Waals surface area contributed by atoms with Crippen LogP contribution in [0.15, 0.2) is 77.8 Å². The first kappa shape index (κ1) is 18.2. The number of hydrogen-bond donors (Lipinski definition) is 1. The maximum Gasteiger partial charge on any atom is 0.272 e. The standard InChI is InChI=1S/C21H18BrN5O/c1-26-19(16-2-4-17(22)5-3-16)6-7-20(26)21(28)25-18-12-24-27(14-18)13-15-8-10-23-11-9-15/h2-12,14H,13H2,1H3,(H,25,28). The van der Waals surface area contributed by atoms with Gasteiger partial charge in [-0.1, -0.05) is 28.1 Å². The fraction of sp³-hybridized carbons (Fsp3) is 0.0952. The molecule has 28 heavy (non-hydrogen) atoms. The van der Waals surface area contributed by atoms with Gasteiger partial charge in [0, 0.05) is 35.8 Å². The zero-order valence-corrected chi connectivity index (χ0v) is 16.8. The molecule has 0 aliphatic heterocycles. The summed E-state index contributed by atoms with van der Waals surface area (Å²) in [6, 6.07) is 15.7. The van der Waals surface area contributed by atoms with Crippen molar-refractivity contribution in [1.82, 2.24) is 19.3 Å². The number of pyridine rings is 1. The van der Waals surface area contributed by atoms with Crippen LogP contribution >= 0.6 is 15.9 Å². The summed E-state index contributed by atoms with van der Waals surface area (Å²) in [5.41, 5.74) is 4.36. The van der Waals surface area contributed by atoms with Gasteiger partial charge in [0.15, 0.2) is 0 Å². The summed E-state index contributed by atoms with van der Waals surface area (Å²) in [7, 11) is 1.89. The molecule has 0 spiro atoms. The van der Waals surface area contributed by atoms with Crippen molar-refractivity contribution in [2.45, 2.75) is 6.54 Å². The van der Waals surface area contributed by atoms with Crippen molar-refractivity contribution < 1.29 is 4.79 Å². The van der Waals surface area contributed by atoms with E-state index in [1.54, 1.807) is 23.3 Å². The van der Waals surface area contributed by atoms with Gasteiger partial charge in [-0.2, -0.15) is 5.10 Å². The number of carbonyl (C=O) groups is 1. The average molecular weight is 436 g/mol. The van der Waals surface area contributed by atoms with Crippen LogP contribution in [0.3, 0.4) is 0 Å². The third-order valence-electron chi connectivity index (χ3n) is 4.48. The first-order valence-corrected chi connectivity index (χ1v) is 9.54. The number of carbonyl (C=O) groups excluding carboxylic acids is 1. The quantitative estimate of drug-likeness (QED) is 0.506. The van der Waals surface area contributed by atoms with Crippen molar-refractivity contribution >= 4 is 27.5 Å².